The van der Waals surface area contributed by atoms with Crippen LogP contribution in [0.3, 0.4) is 0 Å². The van der Waals surface area contributed by atoms with E-state index < -0.39 is 5.91 Å². The zero-order valence-electron chi connectivity index (χ0n) is 9.76. The second kappa shape index (κ2) is 5.94. The zero-order chi connectivity index (χ0) is 13.7. The van der Waals surface area contributed by atoms with Gasteiger partial charge in [0.1, 0.15) is 17.5 Å². The molecule has 0 aliphatic carbocycles. The SMILES string of the molecule is N#C/C(=C/c1cccs1)C(=O)Nc1ccc(F)cc1. The molecule has 0 spiro atoms. The maximum Gasteiger partial charge on any atom is 0.266 e. The number of hydrogen-bond acceptors (Lipinski definition) is 3. The van der Waals surface area contributed by atoms with Gasteiger partial charge in [0.2, 0.25) is 0 Å². The van der Waals surface area contributed by atoms with Gasteiger partial charge in [0, 0.05) is 10.6 Å². The number of nitrogens with one attached hydrogen (secondary N) is 1. The van der Waals surface area contributed by atoms with Crippen molar-refractivity contribution in [2.75, 3.05) is 5.32 Å². The van der Waals surface area contributed by atoms with E-state index in [9.17, 15) is 9.18 Å². The van der Waals surface area contributed by atoms with Crippen molar-refractivity contribution in [2.45, 2.75) is 0 Å². The van der Waals surface area contributed by atoms with E-state index in [0.717, 1.165) is 4.88 Å². The van der Waals surface area contributed by atoms with Crippen molar-refractivity contribution in [1.82, 2.24) is 0 Å². The second-order valence-electron chi connectivity index (χ2n) is 3.65. The van der Waals surface area contributed by atoms with Crippen molar-refractivity contribution in [3.8, 4) is 6.07 Å². The molecular weight excluding hydrogens is 263 g/mol. The van der Waals surface area contributed by atoms with Crippen molar-refractivity contribution >= 4 is 29.0 Å². The van der Waals surface area contributed by atoms with Crippen LogP contribution >= 0.6 is 11.3 Å². The van der Waals surface area contributed by atoms with E-state index in [4.69, 9.17) is 5.26 Å². The Hall–Kier alpha value is -2.45. The van der Waals surface area contributed by atoms with Crippen LogP contribution in [0, 0.1) is 17.1 Å². The van der Waals surface area contributed by atoms with Gasteiger partial charge in [-0.3, -0.25) is 4.79 Å². The molecule has 5 heteroatoms. The molecule has 2 rings (SSSR count). The smallest absolute Gasteiger partial charge is 0.266 e. The number of nitriles is 1. The summed E-state index contributed by atoms with van der Waals surface area (Å²) < 4.78 is 12.7. The Labute approximate surface area is 113 Å². The lowest BCUT2D eigenvalue weighted by Gasteiger charge is -2.03. The average Bonchev–Trinajstić information content (AvgIpc) is 2.91. The van der Waals surface area contributed by atoms with Gasteiger partial charge in [-0.05, 0) is 41.8 Å². The highest BCUT2D eigenvalue weighted by molar-refractivity contribution is 7.10. The van der Waals surface area contributed by atoms with Crippen molar-refractivity contribution in [3.05, 3.63) is 58.0 Å². The number of nitrogens with zero attached hydrogens (tertiary/aromatic N) is 1. The number of rotatable bonds is 3. The lowest BCUT2D eigenvalue weighted by atomic mass is 10.2. The third kappa shape index (κ3) is 3.50. The fourth-order valence-corrected chi connectivity index (χ4v) is 2.05. The fourth-order valence-electron chi connectivity index (χ4n) is 1.40. The molecule has 0 saturated carbocycles. The van der Waals surface area contributed by atoms with E-state index in [0.29, 0.717) is 5.69 Å². The number of carbonyl (C=O) groups is 1. The Morgan fingerprint density at radius 2 is 2.05 bits per heavy atom. The summed E-state index contributed by atoms with van der Waals surface area (Å²) in [6.45, 7) is 0. The topological polar surface area (TPSA) is 52.9 Å². The Balaban J connectivity index is 2.14. The Kier molecular flexibility index (Phi) is 4.06. The van der Waals surface area contributed by atoms with E-state index in [1.807, 2.05) is 23.6 Å². The van der Waals surface area contributed by atoms with Gasteiger partial charge < -0.3 is 5.32 Å². The van der Waals surface area contributed by atoms with E-state index >= 15 is 0 Å². The number of halogens is 1. The Morgan fingerprint density at radius 1 is 1.32 bits per heavy atom. The summed E-state index contributed by atoms with van der Waals surface area (Å²) in [5.74, 6) is -0.893. The lowest BCUT2D eigenvalue weighted by Crippen LogP contribution is -2.13. The standard InChI is InChI=1S/C14H9FN2OS/c15-11-3-5-12(6-4-11)17-14(18)10(9-16)8-13-2-1-7-19-13/h1-8H,(H,17,18)/b10-8-. The largest absolute Gasteiger partial charge is 0.321 e. The quantitative estimate of drug-likeness (QED) is 0.687. The zero-order valence-corrected chi connectivity index (χ0v) is 10.6. The number of thiophene rings is 1. The molecule has 19 heavy (non-hydrogen) atoms. The van der Waals surface area contributed by atoms with Gasteiger partial charge in [-0.1, -0.05) is 6.07 Å². The highest BCUT2D eigenvalue weighted by atomic mass is 32.1. The van der Waals surface area contributed by atoms with Crippen molar-refractivity contribution in [3.63, 3.8) is 0 Å². The highest BCUT2D eigenvalue weighted by Gasteiger charge is 2.09. The summed E-state index contributed by atoms with van der Waals surface area (Å²) in [5.41, 5.74) is 0.450. The van der Waals surface area contributed by atoms with E-state index in [-0.39, 0.29) is 11.4 Å². The van der Waals surface area contributed by atoms with Gasteiger partial charge in [0.05, 0.1) is 0 Å². The first-order valence-electron chi connectivity index (χ1n) is 5.41. The number of anilines is 1. The van der Waals surface area contributed by atoms with Gasteiger partial charge in [0.15, 0.2) is 0 Å². The molecule has 1 N–H and O–H groups in total. The molecule has 94 valence electrons. The Bertz CT molecular complexity index is 639. The van der Waals surface area contributed by atoms with Crippen LogP contribution in [0.1, 0.15) is 4.88 Å². The van der Waals surface area contributed by atoms with Crippen LogP contribution in [0.25, 0.3) is 6.08 Å². The molecule has 0 saturated heterocycles. The molecule has 1 aromatic heterocycles. The summed E-state index contributed by atoms with van der Waals surface area (Å²) >= 11 is 1.44. The maximum atomic E-state index is 12.7. The molecular formula is C14H9FN2OS. The summed E-state index contributed by atoms with van der Waals surface area (Å²) in [5, 5.41) is 13.4. The van der Waals surface area contributed by atoms with Crippen molar-refractivity contribution in [2.24, 2.45) is 0 Å². The van der Waals surface area contributed by atoms with Crippen LogP contribution in [-0.2, 0) is 4.79 Å². The minimum atomic E-state index is -0.512. The van der Waals surface area contributed by atoms with E-state index in [2.05, 4.69) is 5.32 Å². The van der Waals surface area contributed by atoms with Crippen LogP contribution in [-0.4, -0.2) is 5.91 Å². The third-order valence-electron chi connectivity index (χ3n) is 2.30. The first-order chi connectivity index (χ1) is 9.19. The normalized spacial score (nSPS) is 10.8. The molecule has 0 atom stereocenters. The predicted molar refractivity (Wildman–Crippen MR) is 72.9 cm³/mol. The molecule has 1 heterocycles. The molecule has 0 radical (unpaired) electrons. The molecule has 1 amide bonds. The minimum absolute atomic E-state index is 0.00627. The maximum absolute atomic E-state index is 12.7. The summed E-state index contributed by atoms with van der Waals surface area (Å²) in [6, 6.07) is 10.9. The number of benzene rings is 1. The molecule has 0 bridgehead atoms. The lowest BCUT2D eigenvalue weighted by molar-refractivity contribution is -0.112. The highest BCUT2D eigenvalue weighted by Crippen LogP contribution is 2.15. The summed E-state index contributed by atoms with van der Waals surface area (Å²) in [7, 11) is 0. The van der Waals surface area contributed by atoms with Gasteiger partial charge in [-0.2, -0.15) is 5.26 Å². The number of hydrogen-bond donors (Lipinski definition) is 1. The molecule has 2 aromatic rings. The molecule has 0 aliphatic heterocycles. The molecule has 0 unspecified atom stereocenters. The predicted octanol–water partition coefficient (Wildman–Crippen LogP) is 3.43. The molecule has 3 nitrogen and oxygen atoms in total. The molecule has 0 aliphatic rings. The van der Waals surface area contributed by atoms with E-state index in [1.54, 1.807) is 0 Å². The van der Waals surface area contributed by atoms with Gasteiger partial charge in [0.25, 0.3) is 5.91 Å². The monoisotopic (exact) mass is 272 g/mol. The van der Waals surface area contributed by atoms with Crippen molar-refractivity contribution in [1.29, 1.82) is 5.26 Å². The third-order valence-corrected chi connectivity index (χ3v) is 3.12. The second-order valence-corrected chi connectivity index (χ2v) is 4.63. The van der Waals surface area contributed by atoms with Gasteiger partial charge >= 0.3 is 0 Å². The first kappa shape index (κ1) is 13.0. The number of carbonyl (C=O) groups excluding carboxylic acids is 1. The van der Waals surface area contributed by atoms with Crippen molar-refractivity contribution < 1.29 is 9.18 Å². The molecule has 0 fully saturated rings. The van der Waals surface area contributed by atoms with Crippen LogP contribution in [0.2, 0.25) is 0 Å². The first-order valence-corrected chi connectivity index (χ1v) is 6.29. The fraction of sp³-hybridized carbons (Fsp3) is 0. The Morgan fingerprint density at radius 3 is 2.63 bits per heavy atom. The van der Waals surface area contributed by atoms with E-state index in [1.165, 1.54) is 41.7 Å². The average molecular weight is 272 g/mol. The minimum Gasteiger partial charge on any atom is -0.321 e. The van der Waals surface area contributed by atoms with Crippen LogP contribution in [0.5, 0.6) is 0 Å². The van der Waals surface area contributed by atoms with Gasteiger partial charge in [-0.15, -0.1) is 11.3 Å². The molecule has 1 aromatic carbocycles. The summed E-state index contributed by atoms with van der Waals surface area (Å²) in [4.78, 5) is 12.7. The van der Waals surface area contributed by atoms with Crippen LogP contribution in [0.4, 0.5) is 10.1 Å². The summed E-state index contributed by atoms with van der Waals surface area (Å²) in [6.07, 6.45) is 1.52. The van der Waals surface area contributed by atoms with Gasteiger partial charge in [-0.25, -0.2) is 4.39 Å². The van der Waals surface area contributed by atoms with Crippen LogP contribution < -0.4 is 5.32 Å². The van der Waals surface area contributed by atoms with Crippen LogP contribution in [0.15, 0.2) is 47.4 Å². The number of amides is 1.